The molecule has 1 aliphatic heterocycles. The zero-order valence-electron chi connectivity index (χ0n) is 17.3. The fraction of sp³-hybridized carbons (Fsp3) is 0.286. The van der Waals surface area contributed by atoms with Gasteiger partial charge in [0, 0.05) is 17.1 Å². The standard InChI is InChI=1S/C21H22ClN3O5S/c1-4-25(31(3,29)30)17-11-5-14(6-12-17)18(26)13-24-19(27)21(2,23-20(24)28)15-7-9-16(22)10-8-15/h5-12H,4,13H2,1-3H3,(H,23,28)/t21-/m0/s1. The van der Waals surface area contributed by atoms with E-state index >= 15 is 0 Å². The van der Waals surface area contributed by atoms with E-state index in [1.165, 1.54) is 28.6 Å². The first-order chi connectivity index (χ1) is 14.5. The van der Waals surface area contributed by atoms with Crippen LogP contribution < -0.4 is 9.62 Å². The normalized spacial score (nSPS) is 18.8. The SMILES string of the molecule is CCN(c1ccc(C(=O)CN2C(=O)N[C@@](C)(c3ccc(Cl)cc3)C2=O)cc1)S(C)(=O)=O. The Morgan fingerprint density at radius 2 is 1.68 bits per heavy atom. The van der Waals surface area contributed by atoms with Gasteiger partial charge in [-0.2, -0.15) is 0 Å². The number of rotatable bonds is 7. The Balaban J connectivity index is 1.78. The van der Waals surface area contributed by atoms with Gasteiger partial charge in [0.05, 0.1) is 18.5 Å². The number of hydrogen-bond acceptors (Lipinski definition) is 5. The Labute approximate surface area is 185 Å². The van der Waals surface area contributed by atoms with Crippen molar-refractivity contribution in [3.8, 4) is 0 Å². The second-order valence-corrected chi connectivity index (χ2v) is 9.69. The van der Waals surface area contributed by atoms with Crippen LogP contribution in [0, 0.1) is 0 Å². The summed E-state index contributed by atoms with van der Waals surface area (Å²) in [6.07, 6.45) is 1.10. The van der Waals surface area contributed by atoms with E-state index in [1.807, 2.05) is 0 Å². The van der Waals surface area contributed by atoms with Crippen molar-refractivity contribution in [2.75, 3.05) is 23.7 Å². The molecule has 164 valence electrons. The molecular weight excluding hydrogens is 442 g/mol. The zero-order valence-corrected chi connectivity index (χ0v) is 18.8. The Kier molecular flexibility index (Phi) is 6.11. The molecule has 0 unspecified atom stereocenters. The lowest BCUT2D eigenvalue weighted by Crippen LogP contribution is -2.41. The van der Waals surface area contributed by atoms with Crippen molar-refractivity contribution < 1.29 is 22.8 Å². The number of hydrogen-bond donors (Lipinski definition) is 1. The van der Waals surface area contributed by atoms with Gasteiger partial charge in [0.2, 0.25) is 10.0 Å². The van der Waals surface area contributed by atoms with E-state index in [4.69, 9.17) is 11.6 Å². The molecule has 0 bridgehead atoms. The molecule has 2 aromatic carbocycles. The third kappa shape index (κ3) is 4.42. The summed E-state index contributed by atoms with van der Waals surface area (Å²) in [5.74, 6) is -0.989. The molecule has 31 heavy (non-hydrogen) atoms. The summed E-state index contributed by atoms with van der Waals surface area (Å²) < 4.78 is 24.9. The van der Waals surface area contributed by atoms with Gasteiger partial charge >= 0.3 is 6.03 Å². The Hall–Kier alpha value is -2.91. The van der Waals surface area contributed by atoms with Gasteiger partial charge < -0.3 is 5.32 Å². The maximum absolute atomic E-state index is 13.0. The van der Waals surface area contributed by atoms with E-state index < -0.39 is 39.8 Å². The number of anilines is 1. The lowest BCUT2D eigenvalue weighted by Gasteiger charge is -2.22. The fourth-order valence-electron chi connectivity index (χ4n) is 3.48. The van der Waals surface area contributed by atoms with Crippen LogP contribution in [-0.4, -0.2) is 50.4 Å². The van der Waals surface area contributed by atoms with Gasteiger partial charge in [0.25, 0.3) is 5.91 Å². The van der Waals surface area contributed by atoms with Crippen molar-refractivity contribution in [2.45, 2.75) is 19.4 Å². The third-order valence-corrected chi connectivity index (χ3v) is 6.68. The van der Waals surface area contributed by atoms with Crippen LogP contribution in [-0.2, 0) is 20.4 Å². The Morgan fingerprint density at radius 1 is 1.10 bits per heavy atom. The van der Waals surface area contributed by atoms with Crippen LogP contribution in [0.15, 0.2) is 48.5 Å². The van der Waals surface area contributed by atoms with Gasteiger partial charge in [0.1, 0.15) is 5.54 Å². The molecule has 3 amide bonds. The van der Waals surface area contributed by atoms with E-state index in [9.17, 15) is 22.8 Å². The molecule has 1 N–H and O–H groups in total. The van der Waals surface area contributed by atoms with Crippen LogP contribution in [0.4, 0.5) is 10.5 Å². The van der Waals surface area contributed by atoms with Crippen LogP contribution in [0.3, 0.4) is 0 Å². The predicted octanol–water partition coefficient (Wildman–Crippen LogP) is 2.78. The van der Waals surface area contributed by atoms with Crippen molar-refractivity contribution in [3.63, 3.8) is 0 Å². The molecule has 0 aliphatic carbocycles. The monoisotopic (exact) mass is 463 g/mol. The number of urea groups is 1. The molecule has 3 rings (SSSR count). The molecule has 10 heteroatoms. The second kappa shape index (κ2) is 8.32. The molecule has 1 atom stereocenters. The minimum atomic E-state index is -3.44. The van der Waals surface area contributed by atoms with Gasteiger partial charge in [-0.1, -0.05) is 23.7 Å². The highest BCUT2D eigenvalue weighted by molar-refractivity contribution is 7.92. The first kappa shape index (κ1) is 22.8. The summed E-state index contributed by atoms with van der Waals surface area (Å²) in [7, 11) is -3.44. The van der Waals surface area contributed by atoms with Crippen molar-refractivity contribution in [1.29, 1.82) is 0 Å². The highest BCUT2D eigenvalue weighted by Crippen LogP contribution is 2.30. The van der Waals surface area contributed by atoms with Crippen LogP contribution in [0.5, 0.6) is 0 Å². The van der Waals surface area contributed by atoms with Crippen LogP contribution >= 0.6 is 11.6 Å². The van der Waals surface area contributed by atoms with E-state index in [0.29, 0.717) is 16.3 Å². The molecular formula is C21H22ClN3O5S. The average Bonchev–Trinajstić information content (AvgIpc) is 2.92. The maximum atomic E-state index is 13.0. The summed E-state index contributed by atoms with van der Waals surface area (Å²) in [6.45, 7) is 3.09. The summed E-state index contributed by atoms with van der Waals surface area (Å²) >= 11 is 5.90. The molecule has 0 radical (unpaired) electrons. The number of Topliss-reactive ketones (excluding diaryl/α,β-unsaturated/α-hetero) is 1. The van der Waals surface area contributed by atoms with E-state index in [0.717, 1.165) is 11.2 Å². The van der Waals surface area contributed by atoms with Crippen LogP contribution in [0.1, 0.15) is 29.8 Å². The summed E-state index contributed by atoms with van der Waals surface area (Å²) in [4.78, 5) is 39.0. The zero-order chi connectivity index (χ0) is 23.0. The first-order valence-electron chi connectivity index (χ1n) is 9.48. The molecule has 1 heterocycles. The summed E-state index contributed by atoms with van der Waals surface area (Å²) in [5.41, 5.74) is -0.0704. The van der Waals surface area contributed by atoms with Crippen molar-refractivity contribution in [1.82, 2.24) is 10.2 Å². The second-order valence-electron chi connectivity index (χ2n) is 7.35. The first-order valence-corrected chi connectivity index (χ1v) is 11.7. The smallest absolute Gasteiger partial charge is 0.319 e. The quantitative estimate of drug-likeness (QED) is 0.502. The summed E-state index contributed by atoms with van der Waals surface area (Å²) in [6, 6.07) is 11.8. The number of amides is 3. The highest BCUT2D eigenvalue weighted by Gasteiger charge is 2.49. The van der Waals surface area contributed by atoms with Gasteiger partial charge in [-0.05, 0) is 55.8 Å². The van der Waals surface area contributed by atoms with Crippen LogP contribution in [0.2, 0.25) is 5.02 Å². The number of carbonyl (C=O) groups is 3. The van der Waals surface area contributed by atoms with Gasteiger partial charge in [0.15, 0.2) is 5.78 Å². The van der Waals surface area contributed by atoms with Crippen molar-refractivity contribution >= 4 is 45.0 Å². The van der Waals surface area contributed by atoms with Gasteiger partial charge in [-0.25, -0.2) is 13.2 Å². The molecule has 0 saturated carbocycles. The molecule has 2 aromatic rings. The largest absolute Gasteiger partial charge is 0.325 e. The Bertz CT molecular complexity index is 1130. The summed E-state index contributed by atoms with van der Waals surface area (Å²) in [5, 5.41) is 3.14. The predicted molar refractivity (Wildman–Crippen MR) is 118 cm³/mol. The lowest BCUT2D eigenvalue weighted by atomic mass is 9.92. The van der Waals surface area contributed by atoms with Crippen molar-refractivity contribution in [3.05, 3.63) is 64.7 Å². The molecule has 0 spiro atoms. The number of nitrogens with zero attached hydrogens (tertiary/aromatic N) is 2. The highest BCUT2D eigenvalue weighted by atomic mass is 35.5. The number of halogens is 1. The minimum Gasteiger partial charge on any atom is -0.319 e. The topological polar surface area (TPSA) is 104 Å². The maximum Gasteiger partial charge on any atom is 0.325 e. The van der Waals surface area contributed by atoms with E-state index in [-0.39, 0.29) is 12.1 Å². The lowest BCUT2D eigenvalue weighted by molar-refractivity contribution is -0.130. The number of nitrogens with one attached hydrogen (secondary N) is 1. The number of benzene rings is 2. The molecule has 0 aromatic heterocycles. The molecule has 8 nitrogen and oxygen atoms in total. The van der Waals surface area contributed by atoms with Gasteiger partial charge in [-0.15, -0.1) is 0 Å². The third-order valence-electron chi connectivity index (χ3n) is 5.16. The van der Waals surface area contributed by atoms with Crippen molar-refractivity contribution in [2.24, 2.45) is 0 Å². The molecule has 1 saturated heterocycles. The van der Waals surface area contributed by atoms with Crippen LogP contribution in [0.25, 0.3) is 0 Å². The molecule has 1 aliphatic rings. The number of carbonyl (C=O) groups excluding carboxylic acids is 3. The number of sulfonamides is 1. The van der Waals surface area contributed by atoms with Gasteiger partial charge in [-0.3, -0.25) is 18.8 Å². The number of ketones is 1. The molecule has 1 fully saturated rings. The fourth-order valence-corrected chi connectivity index (χ4v) is 4.58. The van der Waals surface area contributed by atoms with E-state index in [2.05, 4.69) is 5.32 Å². The van der Waals surface area contributed by atoms with E-state index in [1.54, 1.807) is 38.1 Å². The minimum absolute atomic E-state index is 0.248. The average molecular weight is 464 g/mol. The Morgan fingerprint density at radius 3 is 2.19 bits per heavy atom. The number of imide groups is 1.